The number of likely N-dealkylation sites (N-methyl/N-ethyl adjacent to an activating group) is 1. The molecule has 2 aromatic carbocycles. The molecular weight excluding hydrogens is 534 g/mol. The van der Waals surface area contributed by atoms with Crippen molar-refractivity contribution in [3.8, 4) is 11.1 Å². The van der Waals surface area contributed by atoms with Gasteiger partial charge in [0.2, 0.25) is 5.95 Å². The number of para-hydroxylation sites is 1. The number of fused-ring (bicyclic) bond motifs is 2. The van der Waals surface area contributed by atoms with Crippen molar-refractivity contribution < 1.29 is 0 Å². The molecule has 0 unspecified atom stereocenters. The molecule has 2 fully saturated rings. The van der Waals surface area contributed by atoms with Crippen molar-refractivity contribution in [1.82, 2.24) is 34.3 Å². The van der Waals surface area contributed by atoms with E-state index in [2.05, 4.69) is 60.0 Å². The van der Waals surface area contributed by atoms with Crippen LogP contribution in [0.3, 0.4) is 0 Å². The van der Waals surface area contributed by atoms with Gasteiger partial charge in [0.05, 0.1) is 10.9 Å². The number of piperazine rings is 1. The van der Waals surface area contributed by atoms with E-state index in [1.165, 1.54) is 39.0 Å². The monoisotopic (exact) mass is 567 g/mol. The van der Waals surface area contributed by atoms with E-state index in [9.17, 15) is 0 Å². The molecule has 0 atom stereocenters. The number of nitrogens with zero attached hydrogens (tertiary/aromatic N) is 7. The second-order valence-corrected chi connectivity index (χ2v) is 11.6. The van der Waals surface area contributed by atoms with Crippen molar-refractivity contribution in [2.24, 2.45) is 0 Å². The summed E-state index contributed by atoms with van der Waals surface area (Å²) in [6.45, 7) is 4.69. The van der Waals surface area contributed by atoms with Gasteiger partial charge in [0.25, 0.3) is 0 Å². The molecular formula is C31H34ClN9. The predicted octanol–water partition coefficient (Wildman–Crippen LogP) is 5.75. The number of anilines is 3. The Morgan fingerprint density at radius 1 is 0.878 bits per heavy atom. The van der Waals surface area contributed by atoms with Crippen LogP contribution >= 0.6 is 11.6 Å². The Kier molecular flexibility index (Phi) is 6.94. The number of halogens is 1. The Hall–Kier alpha value is -3.79. The summed E-state index contributed by atoms with van der Waals surface area (Å²) in [5.41, 5.74) is 11.1. The van der Waals surface area contributed by atoms with Crippen molar-refractivity contribution in [1.29, 1.82) is 0 Å². The van der Waals surface area contributed by atoms with Crippen molar-refractivity contribution in [3.63, 3.8) is 0 Å². The fraction of sp³-hybridized carbons (Fsp3) is 0.355. The zero-order valence-electron chi connectivity index (χ0n) is 23.2. The number of hydrogen-bond donors (Lipinski definition) is 2. The first-order chi connectivity index (χ1) is 20.0. The minimum Gasteiger partial charge on any atom is -0.383 e. The van der Waals surface area contributed by atoms with Gasteiger partial charge in [0.15, 0.2) is 0 Å². The van der Waals surface area contributed by atoms with Crippen LogP contribution in [0.5, 0.6) is 0 Å². The summed E-state index contributed by atoms with van der Waals surface area (Å²) in [5.74, 6) is 0.971. The van der Waals surface area contributed by atoms with Crippen LogP contribution in [0.25, 0.3) is 33.1 Å². The molecule has 1 saturated carbocycles. The van der Waals surface area contributed by atoms with Crippen LogP contribution in [0.4, 0.5) is 17.5 Å². The van der Waals surface area contributed by atoms with E-state index in [1.807, 2.05) is 36.4 Å². The van der Waals surface area contributed by atoms with E-state index >= 15 is 0 Å². The molecule has 0 spiro atoms. The van der Waals surface area contributed by atoms with Crippen LogP contribution in [0, 0.1) is 0 Å². The Morgan fingerprint density at radius 2 is 1.61 bits per heavy atom. The third kappa shape index (κ3) is 5.09. The topological polar surface area (TPSA) is 101 Å². The fourth-order valence-electron chi connectivity index (χ4n) is 6.45. The summed E-state index contributed by atoms with van der Waals surface area (Å²) in [4.78, 5) is 23.2. The predicted molar refractivity (Wildman–Crippen MR) is 166 cm³/mol. The quantitative estimate of drug-likeness (QED) is 0.259. The van der Waals surface area contributed by atoms with E-state index in [1.54, 1.807) is 6.33 Å². The number of nitrogens with one attached hydrogen (secondary N) is 1. The van der Waals surface area contributed by atoms with Gasteiger partial charge in [0, 0.05) is 61.1 Å². The molecule has 210 valence electrons. The number of nitrogens with two attached hydrogens (primary N) is 1. The van der Waals surface area contributed by atoms with Gasteiger partial charge in [-0.05, 0) is 62.6 Å². The Labute approximate surface area is 244 Å². The van der Waals surface area contributed by atoms with Gasteiger partial charge in [-0.25, -0.2) is 19.9 Å². The molecule has 0 radical (unpaired) electrons. The molecule has 1 aliphatic heterocycles. The molecule has 3 aromatic heterocycles. The number of nitrogen functional groups attached to an aromatic ring is 1. The normalized spacial score (nSPS) is 20.5. The Morgan fingerprint density at radius 3 is 2.39 bits per heavy atom. The van der Waals surface area contributed by atoms with Gasteiger partial charge in [-0.2, -0.15) is 0 Å². The summed E-state index contributed by atoms with van der Waals surface area (Å²) in [6.07, 6.45) is 8.51. The van der Waals surface area contributed by atoms with Crippen LogP contribution in [-0.2, 0) is 0 Å². The highest BCUT2D eigenvalue weighted by molar-refractivity contribution is 6.34. The van der Waals surface area contributed by atoms with Gasteiger partial charge in [-0.1, -0.05) is 35.9 Å². The lowest BCUT2D eigenvalue weighted by atomic mass is 9.89. The lowest BCUT2D eigenvalue weighted by Crippen LogP contribution is -2.49. The molecule has 4 heterocycles. The molecule has 5 aromatic rings. The first kappa shape index (κ1) is 26.1. The molecule has 0 amide bonds. The summed E-state index contributed by atoms with van der Waals surface area (Å²) < 4.78 is 2.35. The summed E-state index contributed by atoms with van der Waals surface area (Å²) in [6, 6.07) is 17.0. The minimum atomic E-state index is 0.403. The van der Waals surface area contributed by atoms with E-state index in [-0.39, 0.29) is 0 Å². The van der Waals surface area contributed by atoms with Crippen molar-refractivity contribution in [3.05, 3.63) is 66.2 Å². The smallest absolute Gasteiger partial charge is 0.229 e. The molecule has 41 heavy (non-hydrogen) atoms. The zero-order chi connectivity index (χ0) is 27.9. The SMILES string of the molecule is CN1CCN([C@H]2CC[C@@H](n3cc(-c4ccc(Nc5nc(Cl)c6ccccc6n5)cc4)c4c(N)ncnc43)CC2)CC1. The highest BCUT2D eigenvalue weighted by atomic mass is 35.5. The Balaban J connectivity index is 1.13. The second kappa shape index (κ2) is 10.9. The molecule has 1 saturated heterocycles. The standard InChI is InChI=1S/C31H34ClN9/c1-39-14-16-40(17-15-39)22-10-12-23(13-11-22)41-18-25(27-29(33)34-19-35-30(27)41)20-6-8-21(9-7-20)36-31-37-26-5-3-2-4-24(26)28(32)38-31/h2-9,18-19,22-23H,10-17H2,1H3,(H2,33,34,35)(H,36,37,38)/t22-,23+. The third-order valence-corrected chi connectivity index (χ3v) is 9.05. The minimum absolute atomic E-state index is 0.403. The molecule has 2 aliphatic rings. The summed E-state index contributed by atoms with van der Waals surface area (Å²) in [5, 5.41) is 5.46. The summed E-state index contributed by atoms with van der Waals surface area (Å²) >= 11 is 6.40. The third-order valence-electron chi connectivity index (χ3n) is 8.76. The highest BCUT2D eigenvalue weighted by Crippen LogP contribution is 2.39. The molecule has 3 N–H and O–H groups in total. The molecule has 9 nitrogen and oxygen atoms in total. The molecule has 0 bridgehead atoms. The van der Waals surface area contributed by atoms with Gasteiger partial charge in [0.1, 0.15) is 22.9 Å². The van der Waals surface area contributed by atoms with E-state index in [4.69, 9.17) is 22.3 Å². The lowest BCUT2D eigenvalue weighted by Gasteiger charge is -2.41. The van der Waals surface area contributed by atoms with Gasteiger partial charge in [-0.3, -0.25) is 4.90 Å². The fourth-order valence-corrected chi connectivity index (χ4v) is 6.69. The zero-order valence-corrected chi connectivity index (χ0v) is 23.9. The number of benzene rings is 2. The van der Waals surface area contributed by atoms with Crippen molar-refractivity contribution >= 4 is 51.0 Å². The van der Waals surface area contributed by atoms with Crippen LogP contribution in [0.2, 0.25) is 5.15 Å². The maximum atomic E-state index is 6.44. The number of rotatable bonds is 5. The van der Waals surface area contributed by atoms with Crippen molar-refractivity contribution in [2.45, 2.75) is 37.8 Å². The highest BCUT2D eigenvalue weighted by Gasteiger charge is 2.30. The van der Waals surface area contributed by atoms with Crippen LogP contribution in [-0.4, -0.2) is 73.6 Å². The van der Waals surface area contributed by atoms with Gasteiger partial charge in [-0.15, -0.1) is 0 Å². The van der Waals surface area contributed by atoms with Crippen molar-refractivity contribution in [2.75, 3.05) is 44.3 Å². The first-order valence-electron chi connectivity index (χ1n) is 14.4. The van der Waals surface area contributed by atoms with E-state index in [0.29, 0.717) is 29.0 Å². The average Bonchev–Trinajstić information content (AvgIpc) is 3.39. The van der Waals surface area contributed by atoms with Gasteiger partial charge < -0.3 is 20.5 Å². The van der Waals surface area contributed by atoms with Gasteiger partial charge >= 0.3 is 0 Å². The average molecular weight is 568 g/mol. The van der Waals surface area contributed by atoms with Crippen LogP contribution in [0.1, 0.15) is 31.7 Å². The maximum Gasteiger partial charge on any atom is 0.229 e. The number of aromatic nitrogens is 5. The second-order valence-electron chi connectivity index (χ2n) is 11.3. The lowest BCUT2D eigenvalue weighted by molar-refractivity contribution is 0.0828. The molecule has 1 aliphatic carbocycles. The van der Waals surface area contributed by atoms with E-state index in [0.717, 1.165) is 51.6 Å². The number of hydrogen-bond acceptors (Lipinski definition) is 8. The molecule has 10 heteroatoms. The maximum absolute atomic E-state index is 6.44. The summed E-state index contributed by atoms with van der Waals surface area (Å²) in [7, 11) is 2.22. The largest absolute Gasteiger partial charge is 0.383 e. The van der Waals surface area contributed by atoms with Crippen LogP contribution in [0.15, 0.2) is 61.1 Å². The Bertz CT molecular complexity index is 1680. The first-order valence-corrected chi connectivity index (χ1v) is 14.7. The molecule has 7 rings (SSSR count). The van der Waals surface area contributed by atoms with Crippen LogP contribution < -0.4 is 11.1 Å². The van der Waals surface area contributed by atoms with E-state index < -0.39 is 0 Å².